The normalized spacial score (nSPS) is 14.6. The van der Waals surface area contributed by atoms with Crippen molar-refractivity contribution in [1.82, 2.24) is 19.7 Å². The van der Waals surface area contributed by atoms with E-state index in [2.05, 4.69) is 19.7 Å². The van der Waals surface area contributed by atoms with Gasteiger partial charge in [0.15, 0.2) is 5.82 Å². The third-order valence-corrected chi connectivity index (χ3v) is 3.67. The van der Waals surface area contributed by atoms with Crippen LogP contribution in [0.15, 0.2) is 4.52 Å². The van der Waals surface area contributed by atoms with Crippen LogP contribution in [0, 0.1) is 0 Å². The molecule has 0 aliphatic carbocycles. The Morgan fingerprint density at radius 1 is 1.43 bits per heavy atom. The van der Waals surface area contributed by atoms with Crippen molar-refractivity contribution in [3.05, 3.63) is 11.5 Å². The van der Waals surface area contributed by atoms with Gasteiger partial charge in [0, 0.05) is 6.61 Å². The predicted octanol–water partition coefficient (Wildman–Crippen LogP) is 2.31. The van der Waals surface area contributed by atoms with Crippen LogP contribution in [0.25, 0.3) is 10.8 Å². The standard InChI is InChI=1S/C13H21N5O2S/c1-5-6-19-7-13(4,14)12-15-11(20-17-12)10-9(8(2)3)16-18-21-10/h8H,5-7,14H2,1-4H3. The van der Waals surface area contributed by atoms with E-state index >= 15 is 0 Å². The molecule has 1 unspecified atom stereocenters. The molecule has 0 aliphatic rings. The van der Waals surface area contributed by atoms with Gasteiger partial charge in [0.2, 0.25) is 0 Å². The summed E-state index contributed by atoms with van der Waals surface area (Å²) >= 11 is 1.25. The summed E-state index contributed by atoms with van der Waals surface area (Å²) in [5.41, 5.74) is 6.28. The van der Waals surface area contributed by atoms with Crippen molar-refractivity contribution in [1.29, 1.82) is 0 Å². The van der Waals surface area contributed by atoms with Crippen LogP contribution in [-0.4, -0.2) is 32.9 Å². The molecule has 2 aromatic rings. The highest BCUT2D eigenvalue weighted by Crippen LogP contribution is 2.30. The Kier molecular flexibility index (Phi) is 5.02. The molecular formula is C13H21N5O2S. The van der Waals surface area contributed by atoms with Crippen LogP contribution in [0.1, 0.15) is 51.6 Å². The van der Waals surface area contributed by atoms with Gasteiger partial charge in [-0.3, -0.25) is 0 Å². The van der Waals surface area contributed by atoms with Crippen molar-refractivity contribution in [2.45, 2.75) is 45.6 Å². The van der Waals surface area contributed by atoms with Crippen LogP contribution < -0.4 is 5.73 Å². The van der Waals surface area contributed by atoms with Crippen LogP contribution >= 0.6 is 11.5 Å². The van der Waals surface area contributed by atoms with E-state index in [1.165, 1.54) is 11.5 Å². The summed E-state index contributed by atoms with van der Waals surface area (Å²) in [4.78, 5) is 5.19. The SMILES string of the molecule is CCCOCC(C)(N)c1noc(-c2snnc2C(C)C)n1. The highest BCUT2D eigenvalue weighted by molar-refractivity contribution is 7.09. The maximum atomic E-state index is 6.21. The summed E-state index contributed by atoms with van der Waals surface area (Å²) < 4.78 is 14.8. The topological polar surface area (TPSA) is 100.0 Å². The Hall–Kier alpha value is -1.38. The van der Waals surface area contributed by atoms with Gasteiger partial charge < -0.3 is 15.0 Å². The van der Waals surface area contributed by atoms with Gasteiger partial charge in [-0.15, -0.1) is 5.10 Å². The van der Waals surface area contributed by atoms with Crippen molar-refractivity contribution >= 4 is 11.5 Å². The molecule has 116 valence electrons. The average molecular weight is 311 g/mol. The van der Waals surface area contributed by atoms with Crippen LogP contribution in [-0.2, 0) is 10.3 Å². The summed E-state index contributed by atoms with van der Waals surface area (Å²) in [6.07, 6.45) is 0.942. The number of hydrogen-bond donors (Lipinski definition) is 1. The second-order valence-corrected chi connectivity index (χ2v) is 6.29. The molecule has 0 aromatic carbocycles. The van der Waals surface area contributed by atoms with Crippen LogP contribution in [0.2, 0.25) is 0 Å². The van der Waals surface area contributed by atoms with Crippen molar-refractivity contribution in [3.8, 4) is 10.8 Å². The molecule has 21 heavy (non-hydrogen) atoms. The Labute approximate surface area is 128 Å². The fraction of sp³-hybridized carbons (Fsp3) is 0.692. The van der Waals surface area contributed by atoms with Crippen molar-refractivity contribution in [2.75, 3.05) is 13.2 Å². The van der Waals surface area contributed by atoms with E-state index in [4.69, 9.17) is 15.0 Å². The van der Waals surface area contributed by atoms with Gasteiger partial charge in [-0.1, -0.05) is 30.4 Å². The fourth-order valence-electron chi connectivity index (χ4n) is 1.76. The molecule has 0 bridgehead atoms. The quantitative estimate of drug-likeness (QED) is 0.783. The average Bonchev–Trinajstić information content (AvgIpc) is 3.07. The molecule has 0 spiro atoms. The summed E-state index contributed by atoms with van der Waals surface area (Å²) in [6.45, 7) is 8.97. The second-order valence-electron chi connectivity index (χ2n) is 5.54. The Morgan fingerprint density at radius 3 is 2.86 bits per heavy atom. The first-order valence-corrected chi connectivity index (χ1v) is 7.76. The number of hydrogen-bond acceptors (Lipinski definition) is 8. The predicted molar refractivity (Wildman–Crippen MR) is 79.9 cm³/mol. The van der Waals surface area contributed by atoms with Gasteiger partial charge in [-0.25, -0.2) is 0 Å². The minimum absolute atomic E-state index is 0.242. The maximum absolute atomic E-state index is 6.21. The van der Waals surface area contributed by atoms with E-state index in [9.17, 15) is 0 Å². The molecule has 1 atom stereocenters. The third-order valence-electron chi connectivity index (χ3n) is 2.94. The van der Waals surface area contributed by atoms with Crippen molar-refractivity contribution in [3.63, 3.8) is 0 Å². The molecule has 0 radical (unpaired) electrons. The van der Waals surface area contributed by atoms with E-state index in [0.29, 0.717) is 24.9 Å². The van der Waals surface area contributed by atoms with Gasteiger partial charge in [0.25, 0.3) is 5.89 Å². The van der Waals surface area contributed by atoms with Crippen LogP contribution in [0.3, 0.4) is 0 Å². The van der Waals surface area contributed by atoms with Gasteiger partial charge in [0.05, 0.1) is 12.3 Å². The third kappa shape index (κ3) is 3.63. The Balaban J connectivity index is 2.19. The number of aromatic nitrogens is 4. The molecule has 0 saturated carbocycles. The lowest BCUT2D eigenvalue weighted by atomic mass is 10.1. The smallest absolute Gasteiger partial charge is 0.271 e. The number of rotatable bonds is 7. The molecule has 7 nitrogen and oxygen atoms in total. The number of nitrogens with zero attached hydrogens (tertiary/aromatic N) is 4. The summed E-state index contributed by atoms with van der Waals surface area (Å²) in [6, 6.07) is 0. The van der Waals surface area contributed by atoms with E-state index in [1.54, 1.807) is 0 Å². The highest BCUT2D eigenvalue weighted by atomic mass is 32.1. The first kappa shape index (κ1) is 16.0. The minimum Gasteiger partial charge on any atom is -0.379 e. The number of nitrogens with two attached hydrogens (primary N) is 1. The molecular weight excluding hydrogens is 290 g/mol. The monoisotopic (exact) mass is 311 g/mol. The van der Waals surface area contributed by atoms with Gasteiger partial charge >= 0.3 is 0 Å². The zero-order valence-corrected chi connectivity index (χ0v) is 13.6. The number of ether oxygens (including phenoxy) is 1. The van der Waals surface area contributed by atoms with Gasteiger partial charge in [-0.05, 0) is 30.8 Å². The summed E-state index contributed by atoms with van der Waals surface area (Å²) in [7, 11) is 0. The molecule has 0 aliphatic heterocycles. The lowest BCUT2D eigenvalue weighted by molar-refractivity contribution is 0.0867. The molecule has 0 amide bonds. The fourth-order valence-corrected chi connectivity index (χ4v) is 2.51. The van der Waals surface area contributed by atoms with Crippen LogP contribution in [0.4, 0.5) is 0 Å². The minimum atomic E-state index is -0.785. The van der Waals surface area contributed by atoms with Crippen molar-refractivity contribution in [2.24, 2.45) is 5.73 Å². The molecule has 8 heteroatoms. The Morgan fingerprint density at radius 2 is 2.19 bits per heavy atom. The largest absolute Gasteiger partial charge is 0.379 e. The van der Waals surface area contributed by atoms with Gasteiger partial charge in [-0.2, -0.15) is 4.98 Å². The second kappa shape index (κ2) is 6.59. The Bertz CT molecular complexity index is 579. The van der Waals surface area contributed by atoms with E-state index in [0.717, 1.165) is 17.0 Å². The lowest BCUT2D eigenvalue weighted by Gasteiger charge is -2.19. The van der Waals surface area contributed by atoms with E-state index < -0.39 is 5.54 Å². The van der Waals surface area contributed by atoms with Gasteiger partial charge in [0.1, 0.15) is 10.4 Å². The molecule has 2 heterocycles. The zero-order valence-electron chi connectivity index (χ0n) is 12.8. The molecule has 2 aromatic heterocycles. The molecule has 2 N–H and O–H groups in total. The zero-order chi connectivity index (χ0) is 15.5. The lowest BCUT2D eigenvalue weighted by Crippen LogP contribution is -2.39. The molecule has 2 rings (SSSR count). The van der Waals surface area contributed by atoms with Crippen molar-refractivity contribution < 1.29 is 9.26 Å². The summed E-state index contributed by atoms with van der Waals surface area (Å²) in [5, 5.41) is 8.09. The maximum Gasteiger partial charge on any atom is 0.271 e. The molecule has 0 saturated heterocycles. The molecule has 0 fully saturated rings. The summed E-state index contributed by atoms with van der Waals surface area (Å²) in [5.74, 6) is 1.08. The highest BCUT2D eigenvalue weighted by Gasteiger charge is 2.29. The van der Waals surface area contributed by atoms with E-state index in [1.807, 2.05) is 27.7 Å². The first-order valence-electron chi connectivity index (χ1n) is 6.99. The van der Waals surface area contributed by atoms with Crippen LogP contribution in [0.5, 0.6) is 0 Å². The van der Waals surface area contributed by atoms with E-state index in [-0.39, 0.29) is 5.92 Å². The first-order chi connectivity index (χ1) is 9.95.